The molecule has 4 heteroatoms. The van der Waals surface area contributed by atoms with E-state index in [1.165, 1.54) is 26.4 Å². The third-order valence-electron chi connectivity index (χ3n) is 4.76. The van der Waals surface area contributed by atoms with Crippen LogP contribution in [0.25, 0.3) is 0 Å². The van der Waals surface area contributed by atoms with E-state index in [-0.39, 0.29) is 12.1 Å². The van der Waals surface area contributed by atoms with Crippen LogP contribution in [-0.2, 0) is 14.3 Å². The lowest BCUT2D eigenvalue weighted by atomic mass is 10.0. The summed E-state index contributed by atoms with van der Waals surface area (Å²) < 4.78 is 10.4. The van der Waals surface area contributed by atoms with Crippen LogP contribution in [0.5, 0.6) is 0 Å². The first kappa shape index (κ1) is 21.2. The van der Waals surface area contributed by atoms with Crippen LogP contribution in [0, 0.1) is 0 Å². The van der Waals surface area contributed by atoms with Crippen molar-refractivity contribution in [3.05, 3.63) is 11.6 Å². The van der Waals surface area contributed by atoms with Crippen LogP contribution in [0.4, 0.5) is 0 Å². The predicted molar refractivity (Wildman–Crippen MR) is 96.9 cm³/mol. The second-order valence-electron chi connectivity index (χ2n) is 6.96. The highest BCUT2D eigenvalue weighted by Crippen LogP contribution is 2.31. The fourth-order valence-corrected chi connectivity index (χ4v) is 3.05. The number of aliphatic hydroxyl groups is 1. The van der Waals surface area contributed by atoms with E-state index in [1.807, 2.05) is 6.08 Å². The summed E-state index contributed by atoms with van der Waals surface area (Å²) in [5.41, 5.74) is 0.695. The summed E-state index contributed by atoms with van der Waals surface area (Å²) in [6, 6.07) is 0. The van der Waals surface area contributed by atoms with Gasteiger partial charge < -0.3 is 14.6 Å². The molecule has 140 valence electrons. The van der Waals surface area contributed by atoms with Crippen molar-refractivity contribution in [1.29, 1.82) is 0 Å². The molecule has 24 heavy (non-hydrogen) atoms. The smallest absolute Gasteiger partial charge is 0.333 e. The molecule has 1 heterocycles. The van der Waals surface area contributed by atoms with E-state index >= 15 is 0 Å². The van der Waals surface area contributed by atoms with E-state index in [2.05, 4.69) is 11.7 Å². The highest BCUT2D eigenvalue weighted by Gasteiger charge is 2.37. The minimum atomic E-state index is -0.235. The van der Waals surface area contributed by atoms with Crippen molar-refractivity contribution in [1.82, 2.24) is 0 Å². The van der Waals surface area contributed by atoms with E-state index < -0.39 is 0 Å². The molecule has 0 amide bonds. The Kier molecular flexibility index (Phi) is 11.0. The van der Waals surface area contributed by atoms with Gasteiger partial charge in [-0.3, -0.25) is 0 Å². The summed E-state index contributed by atoms with van der Waals surface area (Å²) in [6.07, 6.45) is 14.5. The number of epoxide rings is 1. The Labute approximate surface area is 147 Å². The lowest BCUT2D eigenvalue weighted by Gasteiger charge is -2.08. The summed E-state index contributed by atoms with van der Waals surface area (Å²) in [7, 11) is 1.41. The van der Waals surface area contributed by atoms with Gasteiger partial charge in [-0.15, -0.1) is 0 Å². The highest BCUT2D eigenvalue weighted by atomic mass is 16.6. The maximum atomic E-state index is 11.2. The molecule has 0 aliphatic carbocycles. The van der Waals surface area contributed by atoms with Crippen LogP contribution >= 0.6 is 0 Å². The minimum absolute atomic E-state index is 0.147. The fourth-order valence-electron chi connectivity index (χ4n) is 3.05. The molecule has 0 radical (unpaired) electrons. The molecular weight excluding hydrogens is 304 g/mol. The molecule has 1 N–H and O–H groups in total. The maximum Gasteiger partial charge on any atom is 0.333 e. The third-order valence-corrected chi connectivity index (χ3v) is 4.76. The molecule has 0 saturated carbocycles. The highest BCUT2D eigenvalue weighted by molar-refractivity contribution is 5.87. The zero-order chi connectivity index (χ0) is 17.8. The SMILES string of the molecule is CCCCCC(O)CCC1OC1CCCCCC=C(C)C(=O)OC. The monoisotopic (exact) mass is 340 g/mol. The fraction of sp³-hybridized carbons (Fsp3) is 0.850. The van der Waals surface area contributed by atoms with Crippen LogP contribution < -0.4 is 0 Å². The Morgan fingerprint density at radius 2 is 1.88 bits per heavy atom. The number of ether oxygens (including phenoxy) is 2. The molecule has 1 aliphatic heterocycles. The number of allylic oxidation sites excluding steroid dienone is 1. The van der Waals surface area contributed by atoms with Gasteiger partial charge in [-0.2, -0.15) is 0 Å². The summed E-state index contributed by atoms with van der Waals surface area (Å²) in [6.45, 7) is 3.98. The molecule has 4 nitrogen and oxygen atoms in total. The lowest BCUT2D eigenvalue weighted by Crippen LogP contribution is -2.08. The molecule has 0 bridgehead atoms. The van der Waals surface area contributed by atoms with Crippen molar-refractivity contribution in [2.45, 2.75) is 103 Å². The largest absolute Gasteiger partial charge is 0.466 e. The molecule has 1 aliphatic rings. The molecule has 3 unspecified atom stereocenters. The first-order valence-corrected chi connectivity index (χ1v) is 9.67. The average molecular weight is 341 g/mol. The number of hydrogen-bond donors (Lipinski definition) is 1. The van der Waals surface area contributed by atoms with Crippen LogP contribution in [-0.4, -0.2) is 36.5 Å². The van der Waals surface area contributed by atoms with Gasteiger partial charge in [0, 0.05) is 5.57 Å². The quantitative estimate of drug-likeness (QED) is 0.218. The molecule has 1 fully saturated rings. The second-order valence-corrected chi connectivity index (χ2v) is 6.96. The molecule has 3 atom stereocenters. The Morgan fingerprint density at radius 3 is 2.58 bits per heavy atom. The molecular formula is C20H36O4. The Balaban J connectivity index is 1.94. The van der Waals surface area contributed by atoms with Crippen molar-refractivity contribution in [3.63, 3.8) is 0 Å². The molecule has 0 aromatic rings. The van der Waals surface area contributed by atoms with E-state index in [9.17, 15) is 9.90 Å². The third kappa shape index (κ3) is 9.43. The van der Waals surface area contributed by atoms with Crippen LogP contribution in [0.2, 0.25) is 0 Å². The number of carbonyl (C=O) groups is 1. The average Bonchev–Trinajstić information content (AvgIpc) is 3.33. The lowest BCUT2D eigenvalue weighted by molar-refractivity contribution is -0.136. The number of hydrogen-bond acceptors (Lipinski definition) is 4. The molecule has 1 rings (SSSR count). The summed E-state index contributed by atoms with van der Waals surface area (Å²) in [5, 5.41) is 9.92. The van der Waals surface area contributed by atoms with Gasteiger partial charge in [0.05, 0.1) is 25.4 Å². The number of methoxy groups -OCH3 is 1. The van der Waals surface area contributed by atoms with E-state index in [0.717, 1.165) is 51.4 Å². The van der Waals surface area contributed by atoms with Crippen LogP contribution in [0.15, 0.2) is 11.6 Å². The van der Waals surface area contributed by atoms with Gasteiger partial charge in [0.2, 0.25) is 0 Å². The number of rotatable bonds is 14. The first-order valence-electron chi connectivity index (χ1n) is 9.67. The molecule has 1 saturated heterocycles. The predicted octanol–water partition coefficient (Wildman–Crippen LogP) is 4.55. The normalized spacial score (nSPS) is 21.6. The van der Waals surface area contributed by atoms with Gasteiger partial charge in [-0.1, -0.05) is 45.1 Å². The maximum absolute atomic E-state index is 11.2. The van der Waals surface area contributed by atoms with Gasteiger partial charge in [-0.25, -0.2) is 4.79 Å². The van der Waals surface area contributed by atoms with Gasteiger partial charge in [0.15, 0.2) is 0 Å². The van der Waals surface area contributed by atoms with Crippen molar-refractivity contribution in [3.8, 4) is 0 Å². The topological polar surface area (TPSA) is 59.1 Å². The molecule has 0 spiro atoms. The van der Waals surface area contributed by atoms with Crippen molar-refractivity contribution >= 4 is 5.97 Å². The Morgan fingerprint density at radius 1 is 1.12 bits per heavy atom. The van der Waals surface area contributed by atoms with E-state index in [4.69, 9.17) is 4.74 Å². The van der Waals surface area contributed by atoms with Crippen molar-refractivity contribution in [2.75, 3.05) is 7.11 Å². The van der Waals surface area contributed by atoms with Gasteiger partial charge in [-0.05, 0) is 45.4 Å². The second kappa shape index (κ2) is 12.5. The minimum Gasteiger partial charge on any atom is -0.466 e. The van der Waals surface area contributed by atoms with E-state index in [1.54, 1.807) is 6.92 Å². The summed E-state index contributed by atoms with van der Waals surface area (Å²) in [4.78, 5) is 11.2. The zero-order valence-corrected chi connectivity index (χ0v) is 15.8. The van der Waals surface area contributed by atoms with Crippen LogP contribution in [0.1, 0.15) is 84.5 Å². The van der Waals surface area contributed by atoms with E-state index in [0.29, 0.717) is 17.8 Å². The molecule has 0 aromatic heterocycles. The summed E-state index contributed by atoms with van der Waals surface area (Å²) in [5.74, 6) is -0.235. The number of unbranched alkanes of at least 4 members (excludes halogenated alkanes) is 5. The Bertz CT molecular complexity index is 378. The van der Waals surface area contributed by atoms with Crippen LogP contribution in [0.3, 0.4) is 0 Å². The Hall–Kier alpha value is -0.870. The van der Waals surface area contributed by atoms with Crippen molar-refractivity contribution in [2.24, 2.45) is 0 Å². The van der Waals surface area contributed by atoms with Gasteiger partial charge >= 0.3 is 5.97 Å². The summed E-state index contributed by atoms with van der Waals surface area (Å²) >= 11 is 0. The van der Waals surface area contributed by atoms with Crippen molar-refractivity contribution < 1.29 is 19.4 Å². The van der Waals surface area contributed by atoms with Gasteiger partial charge in [0.1, 0.15) is 0 Å². The number of esters is 1. The number of aliphatic hydroxyl groups excluding tert-OH is 1. The van der Waals surface area contributed by atoms with Gasteiger partial charge in [0.25, 0.3) is 0 Å². The zero-order valence-electron chi connectivity index (χ0n) is 15.8. The molecule has 0 aromatic carbocycles. The standard InChI is InChI=1S/C20H36O4/c1-4-5-8-12-17(21)14-15-19-18(24-19)13-10-7-6-9-11-16(2)20(22)23-3/h11,17-19,21H,4-10,12-15H2,1-3H3. The number of carbonyl (C=O) groups excluding carboxylic acids is 1. The first-order chi connectivity index (χ1) is 11.6.